The highest BCUT2D eigenvalue weighted by molar-refractivity contribution is 9.10. The third kappa shape index (κ3) is 2.21. The first-order valence-electron chi connectivity index (χ1n) is 3.40. The van der Waals surface area contributed by atoms with Crippen molar-refractivity contribution in [2.75, 3.05) is 5.32 Å². The number of anilines is 1. The Morgan fingerprint density at radius 3 is 2.71 bits per heavy atom. The number of carbonyl (C=O) groups is 1. The van der Waals surface area contributed by atoms with E-state index in [4.69, 9.17) is 11.6 Å². The molecule has 0 aliphatic heterocycles. The van der Waals surface area contributed by atoms with Gasteiger partial charge in [-0.2, -0.15) is 0 Å². The molecular formula is C7H4BrClN2O3. The quantitative estimate of drug-likeness (QED) is 0.525. The molecule has 0 unspecified atom stereocenters. The summed E-state index contributed by atoms with van der Waals surface area (Å²) < 4.78 is 0.268. The molecule has 0 fully saturated rings. The van der Waals surface area contributed by atoms with Crippen molar-refractivity contribution in [2.24, 2.45) is 0 Å². The lowest BCUT2D eigenvalue weighted by molar-refractivity contribution is -0.385. The molecule has 14 heavy (non-hydrogen) atoms. The molecule has 0 aliphatic rings. The Bertz CT molecular complexity index is 397. The highest BCUT2D eigenvalue weighted by Gasteiger charge is 2.15. The Balaban J connectivity index is 3.26. The summed E-state index contributed by atoms with van der Waals surface area (Å²) >= 11 is 8.70. The molecule has 1 aromatic rings. The highest BCUT2D eigenvalue weighted by Crippen LogP contribution is 2.33. The average molecular weight is 279 g/mol. The van der Waals surface area contributed by atoms with Crippen LogP contribution in [0.15, 0.2) is 16.6 Å². The molecule has 74 valence electrons. The largest absolute Gasteiger partial charge is 0.327 e. The highest BCUT2D eigenvalue weighted by atomic mass is 79.9. The summed E-state index contributed by atoms with van der Waals surface area (Å²) in [4.78, 5) is 20.1. The second-order valence-electron chi connectivity index (χ2n) is 2.30. The predicted molar refractivity (Wildman–Crippen MR) is 55.5 cm³/mol. The Morgan fingerprint density at radius 2 is 2.21 bits per heavy atom. The van der Waals surface area contributed by atoms with Crippen molar-refractivity contribution in [3.8, 4) is 0 Å². The maximum atomic E-state index is 10.5. The molecule has 1 aromatic carbocycles. The zero-order chi connectivity index (χ0) is 10.7. The summed E-state index contributed by atoms with van der Waals surface area (Å²) in [5, 5.41) is 13.0. The van der Waals surface area contributed by atoms with Gasteiger partial charge < -0.3 is 5.32 Å². The van der Waals surface area contributed by atoms with Gasteiger partial charge in [-0.05, 0) is 22.0 Å². The number of hydrogen-bond donors (Lipinski definition) is 1. The van der Waals surface area contributed by atoms with Crippen molar-refractivity contribution >= 4 is 45.3 Å². The van der Waals surface area contributed by atoms with Crippen molar-refractivity contribution in [3.63, 3.8) is 0 Å². The van der Waals surface area contributed by atoms with Gasteiger partial charge in [0.05, 0.1) is 20.1 Å². The van der Waals surface area contributed by atoms with Gasteiger partial charge >= 0.3 is 0 Å². The molecule has 1 N–H and O–H groups in total. The lowest BCUT2D eigenvalue weighted by Gasteiger charge is -2.03. The van der Waals surface area contributed by atoms with E-state index in [1.807, 2.05) is 0 Å². The first-order chi connectivity index (χ1) is 6.56. The van der Waals surface area contributed by atoms with Crippen LogP contribution in [0.25, 0.3) is 0 Å². The molecule has 7 heteroatoms. The lowest BCUT2D eigenvalue weighted by atomic mass is 10.3. The molecule has 0 radical (unpaired) electrons. The molecular weight excluding hydrogens is 275 g/mol. The number of nitro benzene ring substituents is 1. The van der Waals surface area contributed by atoms with Crippen LogP contribution in [0.3, 0.4) is 0 Å². The van der Waals surface area contributed by atoms with E-state index in [-0.39, 0.29) is 20.9 Å². The van der Waals surface area contributed by atoms with Gasteiger partial charge in [-0.25, -0.2) is 0 Å². The van der Waals surface area contributed by atoms with Gasteiger partial charge in [-0.3, -0.25) is 14.9 Å². The summed E-state index contributed by atoms with van der Waals surface area (Å²) in [7, 11) is 0. The van der Waals surface area contributed by atoms with Gasteiger partial charge in [0.15, 0.2) is 0 Å². The van der Waals surface area contributed by atoms with Gasteiger partial charge in [-0.15, -0.1) is 0 Å². The SMILES string of the molecule is O=CNc1cc([N+](=O)[O-])c(Br)cc1Cl. The number of halogens is 2. The zero-order valence-corrected chi connectivity index (χ0v) is 9.00. The number of nitrogens with zero attached hydrogens (tertiary/aromatic N) is 1. The van der Waals surface area contributed by atoms with E-state index in [0.29, 0.717) is 6.41 Å². The van der Waals surface area contributed by atoms with Crippen LogP contribution in [0.4, 0.5) is 11.4 Å². The van der Waals surface area contributed by atoms with Gasteiger partial charge in [0.25, 0.3) is 5.69 Å². The van der Waals surface area contributed by atoms with Gasteiger partial charge in [0.2, 0.25) is 6.41 Å². The molecule has 0 aliphatic carbocycles. The van der Waals surface area contributed by atoms with Crippen molar-refractivity contribution in [2.45, 2.75) is 0 Å². The summed E-state index contributed by atoms with van der Waals surface area (Å²) in [6, 6.07) is 2.53. The van der Waals surface area contributed by atoms with Crippen LogP contribution < -0.4 is 5.32 Å². The molecule has 0 saturated heterocycles. The number of hydrogen-bond acceptors (Lipinski definition) is 3. The van der Waals surface area contributed by atoms with Crippen LogP contribution >= 0.6 is 27.5 Å². The fraction of sp³-hybridized carbons (Fsp3) is 0. The molecule has 0 atom stereocenters. The third-order valence-corrected chi connectivity index (χ3v) is 2.40. The van der Waals surface area contributed by atoms with Gasteiger partial charge in [0.1, 0.15) is 0 Å². The van der Waals surface area contributed by atoms with E-state index in [2.05, 4.69) is 21.2 Å². The lowest BCUT2D eigenvalue weighted by Crippen LogP contribution is -1.97. The topological polar surface area (TPSA) is 72.2 Å². The van der Waals surface area contributed by atoms with E-state index < -0.39 is 4.92 Å². The van der Waals surface area contributed by atoms with Crippen LogP contribution in [0.1, 0.15) is 0 Å². The second-order valence-corrected chi connectivity index (χ2v) is 3.56. The van der Waals surface area contributed by atoms with Crippen LogP contribution in [0.5, 0.6) is 0 Å². The summed E-state index contributed by atoms with van der Waals surface area (Å²) in [5.41, 5.74) is 0.0512. The standard InChI is InChI=1S/C7H4BrClN2O3/c8-4-1-5(9)6(10-3-12)2-7(4)11(13)14/h1-3H,(H,10,12). The number of rotatable bonds is 3. The van der Waals surface area contributed by atoms with Crippen molar-refractivity contribution < 1.29 is 9.72 Å². The zero-order valence-electron chi connectivity index (χ0n) is 6.66. The number of nitrogens with one attached hydrogen (secondary N) is 1. The van der Waals surface area contributed by atoms with Crippen molar-refractivity contribution in [1.82, 2.24) is 0 Å². The minimum atomic E-state index is -0.573. The van der Waals surface area contributed by atoms with E-state index in [1.165, 1.54) is 12.1 Å². The van der Waals surface area contributed by atoms with Crippen LogP contribution in [0, 0.1) is 10.1 Å². The normalized spacial score (nSPS) is 9.57. The smallest absolute Gasteiger partial charge is 0.285 e. The Labute approximate surface area is 92.3 Å². The summed E-state index contributed by atoms with van der Waals surface area (Å²) in [6.07, 6.45) is 0.402. The van der Waals surface area contributed by atoms with E-state index in [9.17, 15) is 14.9 Å². The van der Waals surface area contributed by atoms with E-state index in [1.54, 1.807) is 0 Å². The maximum Gasteiger partial charge on any atom is 0.285 e. The molecule has 1 rings (SSSR count). The van der Waals surface area contributed by atoms with E-state index in [0.717, 1.165) is 0 Å². The molecule has 1 amide bonds. The molecule has 0 saturated carbocycles. The number of nitro groups is 1. The first-order valence-corrected chi connectivity index (χ1v) is 4.57. The Morgan fingerprint density at radius 1 is 1.57 bits per heavy atom. The number of benzene rings is 1. The van der Waals surface area contributed by atoms with Gasteiger partial charge in [-0.1, -0.05) is 11.6 Å². The second kappa shape index (κ2) is 4.39. The number of amides is 1. The van der Waals surface area contributed by atoms with Gasteiger partial charge in [0, 0.05) is 6.07 Å². The Kier molecular flexibility index (Phi) is 3.43. The fourth-order valence-corrected chi connectivity index (χ4v) is 1.69. The van der Waals surface area contributed by atoms with E-state index >= 15 is 0 Å². The number of carbonyl (C=O) groups excluding carboxylic acids is 1. The monoisotopic (exact) mass is 278 g/mol. The fourth-order valence-electron chi connectivity index (χ4n) is 0.852. The molecule has 0 bridgehead atoms. The third-order valence-electron chi connectivity index (χ3n) is 1.45. The molecule has 0 aromatic heterocycles. The predicted octanol–water partition coefficient (Wildman–Crippen LogP) is 2.58. The average Bonchev–Trinajstić information content (AvgIpc) is 2.09. The van der Waals surface area contributed by atoms with Crippen molar-refractivity contribution in [3.05, 3.63) is 31.7 Å². The van der Waals surface area contributed by atoms with Crippen LogP contribution in [0.2, 0.25) is 5.02 Å². The Hall–Kier alpha value is -1.14. The summed E-state index contributed by atoms with van der Waals surface area (Å²) in [6.45, 7) is 0. The van der Waals surface area contributed by atoms with Crippen LogP contribution in [-0.4, -0.2) is 11.3 Å². The maximum absolute atomic E-state index is 10.5. The minimum absolute atomic E-state index is 0.154. The van der Waals surface area contributed by atoms with Crippen molar-refractivity contribution in [1.29, 1.82) is 0 Å². The molecule has 0 heterocycles. The first kappa shape index (κ1) is 10.9. The minimum Gasteiger partial charge on any atom is -0.327 e. The summed E-state index contributed by atoms with van der Waals surface area (Å²) in [5.74, 6) is 0. The molecule has 0 spiro atoms. The van der Waals surface area contributed by atoms with Crippen LogP contribution in [-0.2, 0) is 4.79 Å². The molecule has 5 nitrogen and oxygen atoms in total.